The molecule has 0 atom stereocenters. The molecule has 0 saturated carbocycles. The third-order valence-corrected chi connectivity index (χ3v) is 2.49. The Bertz CT molecular complexity index is 397. The Morgan fingerprint density at radius 2 is 2.07 bits per heavy atom. The van der Waals surface area contributed by atoms with Gasteiger partial charge in [-0.05, 0) is 24.6 Å². The van der Waals surface area contributed by atoms with Crippen molar-refractivity contribution in [3.8, 4) is 0 Å². The van der Waals surface area contributed by atoms with Crippen molar-refractivity contribution >= 4 is 29.0 Å². The molecule has 1 aromatic rings. The maximum absolute atomic E-state index is 11.5. The lowest BCUT2D eigenvalue weighted by molar-refractivity contribution is -0.117. The van der Waals surface area contributed by atoms with Crippen LogP contribution in [0, 0.1) is 0 Å². The Balaban J connectivity index is 2.72. The summed E-state index contributed by atoms with van der Waals surface area (Å²) in [6.45, 7) is 5.53. The van der Waals surface area contributed by atoms with Gasteiger partial charge in [0.1, 0.15) is 5.78 Å². The highest BCUT2D eigenvalue weighted by Crippen LogP contribution is 2.22. The number of hydrogen-bond acceptors (Lipinski definition) is 1. The minimum atomic E-state index is 0.117. The predicted molar refractivity (Wildman–Crippen MR) is 64.6 cm³/mol. The highest BCUT2D eigenvalue weighted by atomic mass is 35.5. The monoisotopic (exact) mass is 242 g/mol. The van der Waals surface area contributed by atoms with Gasteiger partial charge < -0.3 is 0 Å². The van der Waals surface area contributed by atoms with Crippen LogP contribution in [-0.2, 0) is 11.2 Å². The molecule has 15 heavy (non-hydrogen) atoms. The molecule has 3 heteroatoms. The van der Waals surface area contributed by atoms with Crippen molar-refractivity contribution in [1.29, 1.82) is 0 Å². The summed E-state index contributed by atoms with van der Waals surface area (Å²) in [5.74, 6) is 0.117. The number of carbonyl (C=O) groups is 1. The highest BCUT2D eigenvalue weighted by molar-refractivity contribution is 6.35. The highest BCUT2D eigenvalue weighted by Gasteiger charge is 2.07. The van der Waals surface area contributed by atoms with Crippen LogP contribution in [0.1, 0.15) is 18.9 Å². The zero-order chi connectivity index (χ0) is 11.4. The van der Waals surface area contributed by atoms with Crippen LogP contribution in [0.15, 0.2) is 30.4 Å². The number of rotatable bonds is 4. The van der Waals surface area contributed by atoms with Gasteiger partial charge in [-0.1, -0.05) is 41.4 Å². The molecule has 0 aliphatic carbocycles. The first-order valence-electron chi connectivity index (χ1n) is 4.59. The molecule has 0 bridgehead atoms. The van der Waals surface area contributed by atoms with Crippen LogP contribution in [0.5, 0.6) is 0 Å². The summed E-state index contributed by atoms with van der Waals surface area (Å²) in [6, 6.07) is 5.16. The van der Waals surface area contributed by atoms with Crippen LogP contribution in [0.2, 0.25) is 10.0 Å². The zero-order valence-electron chi connectivity index (χ0n) is 8.52. The van der Waals surface area contributed by atoms with Crippen molar-refractivity contribution in [2.24, 2.45) is 0 Å². The van der Waals surface area contributed by atoms with E-state index >= 15 is 0 Å². The number of benzene rings is 1. The van der Waals surface area contributed by atoms with Gasteiger partial charge in [0.15, 0.2) is 0 Å². The molecule has 0 unspecified atom stereocenters. The second-order valence-electron chi connectivity index (χ2n) is 3.59. The van der Waals surface area contributed by atoms with Crippen molar-refractivity contribution in [2.75, 3.05) is 0 Å². The van der Waals surface area contributed by atoms with Gasteiger partial charge >= 0.3 is 0 Å². The topological polar surface area (TPSA) is 17.1 Å². The number of ketones is 1. The third-order valence-electron chi connectivity index (χ3n) is 1.90. The minimum Gasteiger partial charge on any atom is -0.299 e. The van der Waals surface area contributed by atoms with E-state index in [9.17, 15) is 4.79 Å². The van der Waals surface area contributed by atoms with Gasteiger partial charge in [0.25, 0.3) is 0 Å². The number of allylic oxidation sites excluding steroid dienone is 1. The van der Waals surface area contributed by atoms with Gasteiger partial charge in [-0.3, -0.25) is 4.79 Å². The van der Waals surface area contributed by atoms with Gasteiger partial charge in [0.05, 0.1) is 0 Å². The van der Waals surface area contributed by atoms with E-state index in [-0.39, 0.29) is 5.78 Å². The Kier molecular flexibility index (Phi) is 4.37. The van der Waals surface area contributed by atoms with Gasteiger partial charge in [-0.15, -0.1) is 0 Å². The molecule has 1 rings (SSSR count). The van der Waals surface area contributed by atoms with E-state index in [0.29, 0.717) is 22.9 Å². The maximum atomic E-state index is 11.5. The van der Waals surface area contributed by atoms with E-state index in [2.05, 4.69) is 6.58 Å². The molecule has 1 nitrogen and oxygen atoms in total. The first kappa shape index (κ1) is 12.3. The standard InChI is InChI=1S/C12H12Cl2O/c1-8(2)5-11(15)6-9-3-4-10(13)7-12(9)14/h3-4,7H,1,5-6H2,2H3. The lowest BCUT2D eigenvalue weighted by atomic mass is 10.0. The number of carbonyl (C=O) groups excluding carboxylic acids is 1. The van der Waals surface area contributed by atoms with E-state index in [0.717, 1.165) is 11.1 Å². The molecule has 0 radical (unpaired) electrons. The molecule has 0 aromatic heterocycles. The molecule has 0 aliphatic heterocycles. The van der Waals surface area contributed by atoms with E-state index < -0.39 is 0 Å². The fourth-order valence-electron chi connectivity index (χ4n) is 1.28. The number of halogens is 2. The summed E-state index contributed by atoms with van der Waals surface area (Å²) in [5, 5.41) is 1.12. The van der Waals surface area contributed by atoms with E-state index in [1.165, 1.54) is 0 Å². The number of Topliss-reactive ketones (excluding diaryl/α,β-unsaturated/α-hetero) is 1. The lowest BCUT2D eigenvalue weighted by Crippen LogP contribution is -2.03. The second-order valence-corrected chi connectivity index (χ2v) is 4.43. The van der Waals surface area contributed by atoms with Crippen LogP contribution in [0.3, 0.4) is 0 Å². The molecule has 0 N–H and O–H groups in total. The normalized spacial score (nSPS) is 10.1. The smallest absolute Gasteiger partial charge is 0.141 e. The lowest BCUT2D eigenvalue weighted by Gasteiger charge is -2.04. The predicted octanol–water partition coefficient (Wildman–Crippen LogP) is 4.07. The summed E-state index contributed by atoms with van der Waals surface area (Å²) < 4.78 is 0. The molecular formula is C12H12Cl2O. The molecule has 0 amide bonds. The van der Waals surface area contributed by atoms with E-state index in [1.807, 2.05) is 6.92 Å². The molecular weight excluding hydrogens is 231 g/mol. The van der Waals surface area contributed by atoms with Gasteiger partial charge in [-0.2, -0.15) is 0 Å². The minimum absolute atomic E-state index is 0.117. The van der Waals surface area contributed by atoms with E-state index in [1.54, 1.807) is 18.2 Å². The zero-order valence-corrected chi connectivity index (χ0v) is 10.0. The summed E-state index contributed by atoms with van der Waals surface area (Å²) in [4.78, 5) is 11.5. The van der Waals surface area contributed by atoms with Crippen LogP contribution in [0.4, 0.5) is 0 Å². The van der Waals surface area contributed by atoms with Crippen LogP contribution < -0.4 is 0 Å². The molecule has 0 fully saturated rings. The van der Waals surface area contributed by atoms with Crippen LogP contribution >= 0.6 is 23.2 Å². The van der Waals surface area contributed by atoms with Crippen molar-refractivity contribution in [2.45, 2.75) is 19.8 Å². The largest absolute Gasteiger partial charge is 0.299 e. The van der Waals surface area contributed by atoms with E-state index in [4.69, 9.17) is 23.2 Å². The molecule has 80 valence electrons. The van der Waals surface area contributed by atoms with Crippen LogP contribution in [-0.4, -0.2) is 5.78 Å². The summed E-state index contributed by atoms with van der Waals surface area (Å²) in [7, 11) is 0. The molecule has 0 spiro atoms. The fraction of sp³-hybridized carbons (Fsp3) is 0.250. The molecule has 0 aliphatic rings. The average molecular weight is 243 g/mol. The quantitative estimate of drug-likeness (QED) is 0.728. The van der Waals surface area contributed by atoms with Crippen molar-refractivity contribution in [3.05, 3.63) is 46.0 Å². The SMILES string of the molecule is C=C(C)CC(=O)Cc1ccc(Cl)cc1Cl. The maximum Gasteiger partial charge on any atom is 0.141 e. The fourth-order valence-corrected chi connectivity index (χ4v) is 1.75. The van der Waals surface area contributed by atoms with Crippen LogP contribution in [0.25, 0.3) is 0 Å². The molecule has 0 heterocycles. The van der Waals surface area contributed by atoms with Gasteiger partial charge in [0.2, 0.25) is 0 Å². The third kappa shape index (κ3) is 4.06. The van der Waals surface area contributed by atoms with Crippen molar-refractivity contribution in [3.63, 3.8) is 0 Å². The molecule has 1 aromatic carbocycles. The van der Waals surface area contributed by atoms with Crippen molar-refractivity contribution < 1.29 is 4.79 Å². The Morgan fingerprint density at radius 1 is 1.40 bits per heavy atom. The Labute approximate surface area is 99.7 Å². The summed E-state index contributed by atoms with van der Waals surface area (Å²) in [6.07, 6.45) is 0.738. The molecule has 0 saturated heterocycles. The Hall–Kier alpha value is -0.790. The van der Waals surface area contributed by atoms with Gasteiger partial charge in [-0.25, -0.2) is 0 Å². The van der Waals surface area contributed by atoms with Crippen molar-refractivity contribution in [1.82, 2.24) is 0 Å². The van der Waals surface area contributed by atoms with Gasteiger partial charge in [0, 0.05) is 22.9 Å². The Morgan fingerprint density at radius 3 is 2.60 bits per heavy atom. The first-order valence-corrected chi connectivity index (χ1v) is 5.34. The average Bonchev–Trinajstić information content (AvgIpc) is 2.08. The summed E-state index contributed by atoms with van der Waals surface area (Å²) in [5.41, 5.74) is 1.68. The number of hydrogen-bond donors (Lipinski definition) is 0. The first-order chi connectivity index (χ1) is 6.99. The summed E-state index contributed by atoms with van der Waals surface area (Å²) >= 11 is 11.7. The second kappa shape index (κ2) is 5.34.